The third-order valence-electron chi connectivity index (χ3n) is 4.98. The van der Waals surface area contributed by atoms with Crippen LogP contribution in [0.2, 0.25) is 0 Å². The van der Waals surface area contributed by atoms with Crippen LogP contribution in [0.1, 0.15) is 35.7 Å². The normalized spacial score (nSPS) is 10.3. The predicted octanol–water partition coefficient (Wildman–Crippen LogP) is 4.89. The molecule has 3 N–H and O–H groups in total. The number of aryl methyl sites for hydroxylation is 1. The second-order valence-corrected chi connectivity index (χ2v) is 7.67. The number of para-hydroxylation sites is 2. The Hall–Kier alpha value is -3.80. The summed E-state index contributed by atoms with van der Waals surface area (Å²) in [6.45, 7) is 3.27. The molecule has 6 nitrogen and oxygen atoms in total. The number of ether oxygens (including phenoxy) is 1. The van der Waals surface area contributed by atoms with Crippen LogP contribution in [-0.4, -0.2) is 31.5 Å². The van der Waals surface area contributed by atoms with Gasteiger partial charge in [-0.1, -0.05) is 55.5 Å². The van der Waals surface area contributed by atoms with Crippen molar-refractivity contribution >= 4 is 23.2 Å². The molecule has 0 aliphatic carbocycles. The molecule has 0 heterocycles. The maximum Gasteiger partial charge on any atom is 0.251 e. The lowest BCUT2D eigenvalue weighted by atomic mass is 10.1. The van der Waals surface area contributed by atoms with Crippen LogP contribution < -0.4 is 20.7 Å². The van der Waals surface area contributed by atoms with Crippen molar-refractivity contribution in [2.24, 2.45) is 0 Å². The Morgan fingerprint density at radius 1 is 0.909 bits per heavy atom. The zero-order chi connectivity index (χ0) is 23.3. The summed E-state index contributed by atoms with van der Waals surface area (Å²) in [4.78, 5) is 24.6. The fourth-order valence-electron chi connectivity index (χ4n) is 3.29. The van der Waals surface area contributed by atoms with E-state index in [1.807, 2.05) is 55.5 Å². The summed E-state index contributed by atoms with van der Waals surface area (Å²) in [5.41, 5.74) is 3.18. The summed E-state index contributed by atoms with van der Waals surface area (Å²) in [5, 5.41) is 8.82. The number of benzene rings is 3. The van der Waals surface area contributed by atoms with E-state index in [2.05, 4.69) is 28.1 Å². The standard InChI is InChI=1S/C27H31N3O3/c1-2-17-28-27(32)22-13-8-14-23(19-22)29-20-26(31)30-24-15-6-7-16-25(24)33-18-9-12-21-10-4-3-5-11-21/h3-8,10-11,13-16,19,29H,2,9,12,17-18,20H2,1H3,(H,28,32)(H,30,31). The highest BCUT2D eigenvalue weighted by atomic mass is 16.5. The van der Waals surface area contributed by atoms with E-state index in [9.17, 15) is 9.59 Å². The molecule has 33 heavy (non-hydrogen) atoms. The molecular weight excluding hydrogens is 414 g/mol. The second-order valence-electron chi connectivity index (χ2n) is 7.67. The Balaban J connectivity index is 1.48. The summed E-state index contributed by atoms with van der Waals surface area (Å²) in [6.07, 6.45) is 2.70. The number of hydrogen-bond donors (Lipinski definition) is 3. The van der Waals surface area contributed by atoms with Gasteiger partial charge in [-0.15, -0.1) is 0 Å². The predicted molar refractivity (Wildman–Crippen MR) is 133 cm³/mol. The minimum Gasteiger partial charge on any atom is -0.491 e. The molecule has 2 amide bonds. The lowest BCUT2D eigenvalue weighted by Crippen LogP contribution is -2.24. The van der Waals surface area contributed by atoms with Gasteiger partial charge in [0, 0.05) is 17.8 Å². The summed E-state index contributed by atoms with van der Waals surface area (Å²) in [6, 6.07) is 24.8. The Morgan fingerprint density at radius 3 is 2.52 bits per heavy atom. The molecule has 172 valence electrons. The van der Waals surface area contributed by atoms with E-state index >= 15 is 0 Å². The third kappa shape index (κ3) is 8.00. The van der Waals surface area contributed by atoms with Crippen LogP contribution in [0, 0.1) is 0 Å². The maximum atomic E-state index is 12.5. The molecule has 3 aromatic carbocycles. The van der Waals surface area contributed by atoms with Crippen molar-refractivity contribution in [2.45, 2.75) is 26.2 Å². The Labute approximate surface area is 195 Å². The molecule has 0 aliphatic rings. The number of hydrogen-bond acceptors (Lipinski definition) is 4. The van der Waals surface area contributed by atoms with Crippen LogP contribution in [0.15, 0.2) is 78.9 Å². The number of amides is 2. The quantitative estimate of drug-likeness (QED) is 0.347. The SMILES string of the molecule is CCCNC(=O)c1cccc(NCC(=O)Nc2ccccc2OCCCc2ccccc2)c1. The molecule has 0 spiro atoms. The zero-order valence-electron chi connectivity index (χ0n) is 19.0. The van der Waals surface area contributed by atoms with Gasteiger partial charge in [0.1, 0.15) is 5.75 Å². The van der Waals surface area contributed by atoms with Gasteiger partial charge in [0.25, 0.3) is 5.91 Å². The molecule has 0 atom stereocenters. The Morgan fingerprint density at radius 2 is 1.70 bits per heavy atom. The van der Waals surface area contributed by atoms with Crippen molar-refractivity contribution < 1.29 is 14.3 Å². The molecular formula is C27H31N3O3. The average Bonchev–Trinajstić information content (AvgIpc) is 2.85. The van der Waals surface area contributed by atoms with Gasteiger partial charge in [-0.2, -0.15) is 0 Å². The van der Waals surface area contributed by atoms with Gasteiger partial charge in [0.05, 0.1) is 18.8 Å². The first kappa shape index (κ1) is 23.9. The number of rotatable bonds is 12. The van der Waals surface area contributed by atoms with E-state index < -0.39 is 0 Å². The lowest BCUT2D eigenvalue weighted by Gasteiger charge is -2.13. The minimum absolute atomic E-state index is 0.0718. The third-order valence-corrected chi connectivity index (χ3v) is 4.98. The first-order valence-electron chi connectivity index (χ1n) is 11.3. The van der Waals surface area contributed by atoms with Crippen LogP contribution in [0.25, 0.3) is 0 Å². The number of anilines is 2. The van der Waals surface area contributed by atoms with Crippen LogP contribution in [-0.2, 0) is 11.2 Å². The highest BCUT2D eigenvalue weighted by Gasteiger charge is 2.09. The molecule has 0 fully saturated rings. The molecule has 0 unspecified atom stereocenters. The fraction of sp³-hybridized carbons (Fsp3) is 0.259. The van der Waals surface area contributed by atoms with E-state index in [1.165, 1.54) is 5.56 Å². The van der Waals surface area contributed by atoms with Gasteiger partial charge in [0.2, 0.25) is 5.91 Å². The molecule has 3 rings (SSSR count). The van der Waals surface area contributed by atoms with Crippen LogP contribution >= 0.6 is 0 Å². The fourth-order valence-corrected chi connectivity index (χ4v) is 3.29. The van der Waals surface area contributed by atoms with Crippen molar-refractivity contribution in [1.82, 2.24) is 5.32 Å². The molecule has 0 saturated heterocycles. The summed E-state index contributed by atoms with van der Waals surface area (Å²) >= 11 is 0. The molecule has 0 aliphatic heterocycles. The van der Waals surface area contributed by atoms with E-state index in [1.54, 1.807) is 18.2 Å². The molecule has 0 saturated carbocycles. The largest absolute Gasteiger partial charge is 0.491 e. The topological polar surface area (TPSA) is 79.5 Å². The first-order chi connectivity index (χ1) is 16.2. The van der Waals surface area contributed by atoms with Gasteiger partial charge < -0.3 is 20.7 Å². The number of nitrogens with one attached hydrogen (secondary N) is 3. The molecule has 0 radical (unpaired) electrons. The second kappa shape index (κ2) is 12.9. The van der Waals surface area contributed by atoms with Crippen molar-refractivity contribution in [3.05, 3.63) is 90.0 Å². The number of carbonyl (C=O) groups excluding carboxylic acids is 2. The Bertz CT molecular complexity index is 1040. The van der Waals surface area contributed by atoms with Gasteiger partial charge in [0.15, 0.2) is 0 Å². The van der Waals surface area contributed by atoms with Gasteiger partial charge >= 0.3 is 0 Å². The van der Waals surface area contributed by atoms with Gasteiger partial charge in [-0.05, 0) is 55.2 Å². The average molecular weight is 446 g/mol. The minimum atomic E-state index is -0.198. The van der Waals surface area contributed by atoms with Gasteiger partial charge in [-0.3, -0.25) is 9.59 Å². The molecule has 3 aromatic rings. The summed E-state index contributed by atoms with van der Waals surface area (Å²) in [5.74, 6) is 0.327. The van der Waals surface area contributed by atoms with Crippen molar-refractivity contribution in [3.63, 3.8) is 0 Å². The van der Waals surface area contributed by atoms with E-state index in [-0.39, 0.29) is 18.4 Å². The Kier molecular flexibility index (Phi) is 9.33. The molecule has 0 bridgehead atoms. The van der Waals surface area contributed by atoms with E-state index in [0.29, 0.717) is 35.8 Å². The van der Waals surface area contributed by atoms with Gasteiger partial charge in [-0.25, -0.2) is 0 Å². The number of carbonyl (C=O) groups is 2. The monoisotopic (exact) mass is 445 g/mol. The summed E-state index contributed by atoms with van der Waals surface area (Å²) in [7, 11) is 0. The van der Waals surface area contributed by atoms with E-state index in [4.69, 9.17) is 4.74 Å². The lowest BCUT2D eigenvalue weighted by molar-refractivity contribution is -0.114. The van der Waals surface area contributed by atoms with Crippen molar-refractivity contribution in [2.75, 3.05) is 30.3 Å². The zero-order valence-corrected chi connectivity index (χ0v) is 19.0. The highest BCUT2D eigenvalue weighted by Crippen LogP contribution is 2.24. The van der Waals surface area contributed by atoms with Crippen molar-refractivity contribution in [1.29, 1.82) is 0 Å². The maximum absolute atomic E-state index is 12.5. The summed E-state index contributed by atoms with van der Waals surface area (Å²) < 4.78 is 5.92. The molecule has 6 heteroatoms. The highest BCUT2D eigenvalue weighted by molar-refractivity contribution is 5.96. The van der Waals surface area contributed by atoms with Crippen LogP contribution in [0.3, 0.4) is 0 Å². The van der Waals surface area contributed by atoms with Crippen molar-refractivity contribution in [3.8, 4) is 5.75 Å². The van der Waals surface area contributed by atoms with Crippen LogP contribution in [0.5, 0.6) is 5.75 Å². The van der Waals surface area contributed by atoms with Crippen LogP contribution in [0.4, 0.5) is 11.4 Å². The van der Waals surface area contributed by atoms with E-state index in [0.717, 1.165) is 19.3 Å². The smallest absolute Gasteiger partial charge is 0.251 e. The molecule has 0 aromatic heterocycles. The first-order valence-corrected chi connectivity index (χ1v) is 11.3.